The maximum absolute atomic E-state index is 12.5. The largest absolute Gasteiger partial charge is 0.353 e. The second-order valence-corrected chi connectivity index (χ2v) is 7.39. The fraction of sp³-hybridized carbons (Fsp3) is 0.435. The van der Waals surface area contributed by atoms with Gasteiger partial charge in [0, 0.05) is 18.4 Å². The molecule has 1 saturated heterocycles. The van der Waals surface area contributed by atoms with E-state index in [9.17, 15) is 4.79 Å². The summed E-state index contributed by atoms with van der Waals surface area (Å²) in [5, 5.41) is 6.65. The Kier molecular flexibility index (Phi) is 6.84. The van der Waals surface area contributed by atoms with Crippen LogP contribution in [-0.4, -0.2) is 25.0 Å². The number of carbonyl (C=O) groups excluding carboxylic acids is 1. The number of piperidine rings is 1. The molecule has 2 N–H and O–H groups in total. The van der Waals surface area contributed by atoms with Crippen molar-refractivity contribution in [3.05, 3.63) is 71.8 Å². The molecule has 1 aliphatic rings. The molecule has 1 fully saturated rings. The Bertz CT molecular complexity index is 626. The fourth-order valence-electron chi connectivity index (χ4n) is 4.01. The molecule has 1 heterocycles. The van der Waals surface area contributed by atoms with Crippen LogP contribution in [0.3, 0.4) is 0 Å². The predicted octanol–water partition coefficient (Wildman–Crippen LogP) is 4.10. The molecule has 138 valence electrons. The van der Waals surface area contributed by atoms with E-state index in [1.165, 1.54) is 24.0 Å². The second kappa shape index (κ2) is 9.54. The van der Waals surface area contributed by atoms with Crippen LogP contribution in [0, 0.1) is 5.92 Å². The van der Waals surface area contributed by atoms with E-state index in [-0.39, 0.29) is 17.9 Å². The second-order valence-electron chi connectivity index (χ2n) is 7.39. The lowest BCUT2D eigenvalue weighted by Crippen LogP contribution is -2.38. The summed E-state index contributed by atoms with van der Waals surface area (Å²) in [5.41, 5.74) is 2.48. The van der Waals surface area contributed by atoms with Crippen LogP contribution >= 0.6 is 0 Å². The van der Waals surface area contributed by atoms with Gasteiger partial charge in [0.1, 0.15) is 0 Å². The molecule has 1 aliphatic heterocycles. The van der Waals surface area contributed by atoms with E-state index >= 15 is 0 Å². The smallest absolute Gasteiger partial charge is 0.220 e. The molecule has 0 saturated carbocycles. The van der Waals surface area contributed by atoms with Crippen LogP contribution in [-0.2, 0) is 4.79 Å². The number of benzene rings is 2. The van der Waals surface area contributed by atoms with Gasteiger partial charge in [-0.25, -0.2) is 0 Å². The van der Waals surface area contributed by atoms with E-state index in [4.69, 9.17) is 0 Å². The third-order valence-corrected chi connectivity index (χ3v) is 5.44. The van der Waals surface area contributed by atoms with Crippen LogP contribution in [0.25, 0.3) is 0 Å². The summed E-state index contributed by atoms with van der Waals surface area (Å²) in [4.78, 5) is 12.5. The van der Waals surface area contributed by atoms with Gasteiger partial charge in [-0.2, -0.15) is 0 Å². The summed E-state index contributed by atoms with van der Waals surface area (Å²) >= 11 is 0. The summed E-state index contributed by atoms with van der Waals surface area (Å²) in [6.45, 7) is 4.30. The highest BCUT2D eigenvalue weighted by molar-refractivity contribution is 5.76. The lowest BCUT2D eigenvalue weighted by atomic mass is 9.85. The summed E-state index contributed by atoms with van der Waals surface area (Å²) in [5.74, 6) is 1.03. The summed E-state index contributed by atoms with van der Waals surface area (Å²) in [6, 6.07) is 21.0. The molecule has 1 amide bonds. The van der Waals surface area contributed by atoms with Gasteiger partial charge in [0.2, 0.25) is 5.91 Å². The number of hydrogen-bond acceptors (Lipinski definition) is 2. The van der Waals surface area contributed by atoms with E-state index in [1.54, 1.807) is 0 Å². The SMILES string of the molecule is CC(NC(=O)CCC1CCNCC1)C(c1ccccc1)c1ccccc1. The third-order valence-electron chi connectivity index (χ3n) is 5.44. The zero-order chi connectivity index (χ0) is 18.2. The standard InChI is InChI=1S/C23H30N2O/c1-18(25-22(26)13-12-19-14-16-24-17-15-19)23(20-8-4-2-5-9-20)21-10-6-3-7-11-21/h2-11,18-19,23-24H,12-17H2,1H3,(H,25,26). The van der Waals surface area contributed by atoms with Gasteiger partial charge in [-0.05, 0) is 56.3 Å². The molecular formula is C23H30N2O. The van der Waals surface area contributed by atoms with Crippen LogP contribution in [0.4, 0.5) is 0 Å². The molecule has 3 rings (SSSR count). The van der Waals surface area contributed by atoms with Crippen molar-refractivity contribution >= 4 is 5.91 Å². The molecule has 26 heavy (non-hydrogen) atoms. The molecule has 0 spiro atoms. The Morgan fingerprint density at radius 1 is 1.00 bits per heavy atom. The van der Waals surface area contributed by atoms with Crippen LogP contribution < -0.4 is 10.6 Å². The minimum atomic E-state index is 0.0559. The molecule has 2 aromatic rings. The molecule has 0 radical (unpaired) electrons. The highest BCUT2D eigenvalue weighted by Gasteiger charge is 2.23. The first-order chi connectivity index (χ1) is 12.7. The Hall–Kier alpha value is -2.13. The number of hydrogen-bond donors (Lipinski definition) is 2. The van der Waals surface area contributed by atoms with Gasteiger partial charge in [-0.3, -0.25) is 4.79 Å². The van der Waals surface area contributed by atoms with Crippen molar-refractivity contribution in [2.45, 2.75) is 44.6 Å². The minimum absolute atomic E-state index is 0.0559. The predicted molar refractivity (Wildman–Crippen MR) is 107 cm³/mol. The fourth-order valence-corrected chi connectivity index (χ4v) is 4.01. The molecule has 0 bridgehead atoms. The van der Waals surface area contributed by atoms with Gasteiger partial charge in [0.15, 0.2) is 0 Å². The maximum atomic E-state index is 12.5. The topological polar surface area (TPSA) is 41.1 Å². The molecule has 1 atom stereocenters. The maximum Gasteiger partial charge on any atom is 0.220 e. The van der Waals surface area contributed by atoms with Gasteiger partial charge in [-0.15, -0.1) is 0 Å². The van der Waals surface area contributed by atoms with Gasteiger partial charge < -0.3 is 10.6 Å². The van der Waals surface area contributed by atoms with Crippen LogP contribution in [0.5, 0.6) is 0 Å². The third kappa shape index (κ3) is 5.18. The number of nitrogens with one attached hydrogen (secondary N) is 2. The normalized spacial score (nSPS) is 16.4. The first-order valence-electron chi connectivity index (χ1n) is 9.84. The Morgan fingerprint density at radius 2 is 1.54 bits per heavy atom. The number of rotatable bonds is 7. The molecule has 2 aromatic carbocycles. The Balaban J connectivity index is 1.63. The Labute approximate surface area is 157 Å². The highest BCUT2D eigenvalue weighted by Crippen LogP contribution is 2.28. The number of carbonyl (C=O) groups is 1. The molecule has 0 aromatic heterocycles. The van der Waals surface area contributed by atoms with Gasteiger partial charge in [0.25, 0.3) is 0 Å². The molecule has 0 aliphatic carbocycles. The van der Waals surface area contributed by atoms with Crippen molar-refractivity contribution < 1.29 is 4.79 Å². The van der Waals surface area contributed by atoms with E-state index in [1.807, 2.05) is 12.1 Å². The molecule has 3 nitrogen and oxygen atoms in total. The van der Waals surface area contributed by atoms with Gasteiger partial charge in [0.05, 0.1) is 0 Å². The summed E-state index contributed by atoms with van der Waals surface area (Å²) in [6.07, 6.45) is 4.02. The first kappa shape index (κ1) is 18.7. The first-order valence-corrected chi connectivity index (χ1v) is 9.84. The van der Waals surface area contributed by atoms with Crippen molar-refractivity contribution in [1.29, 1.82) is 0 Å². The molecule has 3 heteroatoms. The summed E-state index contributed by atoms with van der Waals surface area (Å²) < 4.78 is 0. The zero-order valence-electron chi connectivity index (χ0n) is 15.7. The van der Waals surface area contributed by atoms with Gasteiger partial charge in [-0.1, -0.05) is 60.7 Å². The van der Waals surface area contributed by atoms with E-state index < -0.39 is 0 Å². The zero-order valence-corrected chi connectivity index (χ0v) is 15.7. The van der Waals surface area contributed by atoms with Crippen LogP contribution in [0.2, 0.25) is 0 Å². The Morgan fingerprint density at radius 3 is 2.08 bits per heavy atom. The monoisotopic (exact) mass is 350 g/mol. The highest BCUT2D eigenvalue weighted by atomic mass is 16.1. The van der Waals surface area contributed by atoms with E-state index in [0.717, 1.165) is 19.5 Å². The molecular weight excluding hydrogens is 320 g/mol. The van der Waals surface area contributed by atoms with E-state index in [0.29, 0.717) is 12.3 Å². The van der Waals surface area contributed by atoms with Crippen molar-refractivity contribution in [1.82, 2.24) is 10.6 Å². The van der Waals surface area contributed by atoms with Crippen molar-refractivity contribution in [2.24, 2.45) is 5.92 Å². The minimum Gasteiger partial charge on any atom is -0.353 e. The van der Waals surface area contributed by atoms with Crippen LogP contribution in [0.1, 0.15) is 49.7 Å². The average molecular weight is 351 g/mol. The summed E-state index contributed by atoms with van der Waals surface area (Å²) in [7, 11) is 0. The van der Waals surface area contributed by atoms with Crippen LogP contribution in [0.15, 0.2) is 60.7 Å². The quantitative estimate of drug-likeness (QED) is 0.789. The van der Waals surface area contributed by atoms with Crippen molar-refractivity contribution in [3.63, 3.8) is 0 Å². The number of amides is 1. The van der Waals surface area contributed by atoms with E-state index in [2.05, 4.69) is 66.1 Å². The van der Waals surface area contributed by atoms with Crippen molar-refractivity contribution in [3.8, 4) is 0 Å². The van der Waals surface area contributed by atoms with Gasteiger partial charge >= 0.3 is 0 Å². The van der Waals surface area contributed by atoms with Crippen molar-refractivity contribution in [2.75, 3.05) is 13.1 Å². The lowest BCUT2D eigenvalue weighted by Gasteiger charge is -2.27. The lowest BCUT2D eigenvalue weighted by molar-refractivity contribution is -0.122. The molecule has 1 unspecified atom stereocenters. The average Bonchev–Trinajstić information content (AvgIpc) is 2.69.